The van der Waals surface area contributed by atoms with Crippen molar-refractivity contribution < 1.29 is 5.48 Å². The second-order valence-corrected chi connectivity index (χ2v) is 11.1. The van der Waals surface area contributed by atoms with Crippen LogP contribution in [0, 0.1) is 7.91 Å². The number of nitrogens with zero attached hydrogens (tertiary/aromatic N) is 2. The van der Waals surface area contributed by atoms with Crippen molar-refractivity contribution in [3.8, 4) is 0 Å². The number of hydrogen-bond donors (Lipinski definition) is 2. The highest BCUT2D eigenvalue weighted by Gasteiger charge is 2.04. The third-order valence-electron chi connectivity index (χ3n) is 1.13. The van der Waals surface area contributed by atoms with Gasteiger partial charge in [-0.3, -0.25) is 10.2 Å². The van der Waals surface area contributed by atoms with Gasteiger partial charge in [0.25, 0.3) is 0 Å². The lowest BCUT2D eigenvalue weighted by atomic mass is 11.6. The first kappa shape index (κ1) is 14.8. The predicted octanol–water partition coefficient (Wildman–Crippen LogP) is 2.31. The zero-order chi connectivity index (χ0) is 10.7. The molecule has 0 bridgehead atoms. The molecule has 2 aromatic rings. The van der Waals surface area contributed by atoms with Gasteiger partial charge in [0.2, 0.25) is 0 Å². The second-order valence-electron chi connectivity index (χ2n) is 2.09. The van der Waals surface area contributed by atoms with Gasteiger partial charge in [-0.2, -0.15) is 30.5 Å². The van der Waals surface area contributed by atoms with E-state index in [0.717, 1.165) is 16.6 Å². The minimum absolute atomic E-state index is 0. The van der Waals surface area contributed by atoms with E-state index in [1.807, 2.05) is 0 Å². The topological polar surface area (TPSA) is 88.9 Å². The van der Waals surface area contributed by atoms with Crippen molar-refractivity contribution in [3.05, 3.63) is 7.91 Å². The van der Waals surface area contributed by atoms with E-state index in [-0.39, 0.29) is 18.4 Å². The van der Waals surface area contributed by atoms with Gasteiger partial charge in [-0.05, 0) is 24.4 Å². The van der Waals surface area contributed by atoms with E-state index in [1.54, 1.807) is 20.3 Å². The van der Waals surface area contributed by atoms with Crippen molar-refractivity contribution in [2.45, 2.75) is 8.68 Å². The van der Waals surface area contributed by atoms with E-state index in [4.69, 9.17) is 24.4 Å². The van der Waals surface area contributed by atoms with Crippen molar-refractivity contribution in [1.29, 1.82) is 0 Å². The molecule has 0 saturated heterocycles. The third-order valence-corrected chi connectivity index (χ3v) is 9.43. The highest BCUT2D eigenvalue weighted by Crippen LogP contribution is 2.27. The summed E-state index contributed by atoms with van der Waals surface area (Å²) in [5, 5.41) is 13.6. The summed E-state index contributed by atoms with van der Waals surface area (Å²) in [6.45, 7) is 0. The Bertz CT molecular complexity index is 494. The number of rotatable bonds is 4. The van der Waals surface area contributed by atoms with Gasteiger partial charge in [0.05, 0.1) is 0 Å². The molecule has 0 aliphatic heterocycles. The molecule has 2 heterocycles. The van der Waals surface area contributed by atoms with Gasteiger partial charge in [-0.1, -0.05) is 22.7 Å². The summed E-state index contributed by atoms with van der Waals surface area (Å²) in [5.74, 6) is 0. The normalized spacial score (nSPS) is 9.75. The van der Waals surface area contributed by atoms with Crippen LogP contribution in [0.5, 0.6) is 0 Å². The summed E-state index contributed by atoms with van der Waals surface area (Å²) >= 11 is 13.0. The smallest absolute Gasteiger partial charge is 0.412 e. The Morgan fingerprint density at radius 2 is 1.44 bits per heavy atom. The van der Waals surface area contributed by atoms with Gasteiger partial charge in [0.15, 0.2) is 16.6 Å². The zero-order valence-electron chi connectivity index (χ0n) is 7.42. The molecule has 1 radical (unpaired) electrons. The number of nitrogens with one attached hydrogen (secondary N) is 2. The standard InChI is InChI=1S/2C2H2N2S3.Al.H2O/c2*5-1-3-4-2(6)7-1;;/h2*(H,3,5)(H,4,6);;1H2/q;;+2;/p-2. The molecule has 0 amide bonds. The van der Waals surface area contributed by atoms with Gasteiger partial charge >= 0.3 is 13.0 Å². The molecule has 2 aromatic heterocycles. The Kier molecular flexibility index (Phi) is 6.71. The van der Waals surface area contributed by atoms with Gasteiger partial charge in [0, 0.05) is 0 Å². The van der Waals surface area contributed by atoms with Crippen molar-refractivity contribution in [2.24, 2.45) is 0 Å². The maximum absolute atomic E-state index is 4.94. The van der Waals surface area contributed by atoms with Crippen LogP contribution in [-0.4, -0.2) is 38.8 Å². The first-order chi connectivity index (χ1) is 7.24. The molecule has 0 aliphatic rings. The molecule has 85 valence electrons. The summed E-state index contributed by atoms with van der Waals surface area (Å²) in [5.41, 5.74) is 0. The van der Waals surface area contributed by atoms with E-state index in [1.165, 1.54) is 22.7 Å². The molecule has 0 aliphatic carbocycles. The van der Waals surface area contributed by atoms with E-state index in [0.29, 0.717) is 0 Å². The third kappa shape index (κ3) is 4.55. The van der Waals surface area contributed by atoms with Crippen LogP contribution in [-0.2, 0) is 0 Å². The van der Waals surface area contributed by atoms with Gasteiger partial charge in [-0.15, -0.1) is 0 Å². The van der Waals surface area contributed by atoms with Crippen LogP contribution >= 0.6 is 67.4 Å². The van der Waals surface area contributed by atoms with Crippen LogP contribution in [0.2, 0.25) is 0 Å². The molecular weight excluding hydrogens is 339 g/mol. The largest absolute Gasteiger partial charge is 0.415 e. The Balaban J connectivity index is 0.00000128. The van der Waals surface area contributed by atoms with Crippen LogP contribution in [0.25, 0.3) is 0 Å². The van der Waals surface area contributed by atoms with Gasteiger partial charge < -0.3 is 5.48 Å². The van der Waals surface area contributed by atoms with Crippen molar-refractivity contribution in [3.63, 3.8) is 0 Å². The molecule has 0 saturated carbocycles. The van der Waals surface area contributed by atoms with Crippen LogP contribution in [0.15, 0.2) is 8.68 Å². The molecule has 16 heavy (non-hydrogen) atoms. The molecular formula is C4H4AlN4OS6. The quantitative estimate of drug-likeness (QED) is 0.654. The predicted molar refractivity (Wildman–Crippen MR) is 75.7 cm³/mol. The summed E-state index contributed by atoms with van der Waals surface area (Å²) in [6, 6.07) is 0. The first-order valence-corrected chi connectivity index (χ1v) is 10.5. The maximum atomic E-state index is 4.94. The summed E-state index contributed by atoms with van der Waals surface area (Å²) in [6.07, 6.45) is 0. The molecule has 2 rings (SSSR count). The summed E-state index contributed by atoms with van der Waals surface area (Å²) < 4.78 is 3.41. The van der Waals surface area contributed by atoms with Gasteiger partial charge in [0.1, 0.15) is 0 Å². The fourth-order valence-electron chi connectivity index (χ4n) is 0.640. The van der Waals surface area contributed by atoms with Crippen LogP contribution < -0.4 is 0 Å². The average molecular weight is 343 g/mol. The van der Waals surface area contributed by atoms with Crippen molar-refractivity contribution in [1.82, 2.24) is 20.4 Å². The minimum Gasteiger partial charge on any atom is -0.412 e. The van der Waals surface area contributed by atoms with E-state index in [9.17, 15) is 0 Å². The van der Waals surface area contributed by atoms with Crippen LogP contribution in [0.1, 0.15) is 0 Å². The van der Waals surface area contributed by atoms with Crippen LogP contribution in [0.3, 0.4) is 0 Å². The van der Waals surface area contributed by atoms with Crippen LogP contribution in [0.4, 0.5) is 0 Å². The highest BCUT2D eigenvalue weighted by atomic mass is 32.5. The van der Waals surface area contributed by atoms with E-state index < -0.39 is 0 Å². The molecule has 0 aromatic carbocycles. The lowest BCUT2D eigenvalue weighted by molar-refractivity contribution is 0.824. The van der Waals surface area contributed by atoms with Crippen molar-refractivity contribution >= 4 is 80.3 Å². The molecule has 0 atom stereocenters. The minimum atomic E-state index is 0. The lowest BCUT2D eigenvalue weighted by Crippen LogP contribution is -1.78. The molecule has 4 N–H and O–H groups in total. The molecule has 0 fully saturated rings. The number of aromatic amines is 2. The number of aromatic nitrogens is 4. The van der Waals surface area contributed by atoms with E-state index in [2.05, 4.69) is 20.4 Å². The maximum Gasteiger partial charge on any atom is 0.415 e. The molecule has 12 heteroatoms. The summed E-state index contributed by atoms with van der Waals surface area (Å²) in [4.78, 5) is 0. The second kappa shape index (κ2) is 7.25. The first-order valence-electron chi connectivity index (χ1n) is 3.50. The van der Waals surface area contributed by atoms with E-state index >= 15 is 0 Å². The molecule has 0 spiro atoms. The fourth-order valence-corrected chi connectivity index (χ4v) is 9.35. The lowest BCUT2D eigenvalue weighted by Gasteiger charge is -1.90. The molecule has 5 nitrogen and oxygen atoms in total. The number of H-pyrrole nitrogens is 2. The molecule has 0 unspecified atom stereocenters. The highest BCUT2D eigenvalue weighted by molar-refractivity contribution is 8.51. The summed E-state index contributed by atoms with van der Waals surface area (Å²) in [7, 11) is 3.44. The Morgan fingerprint density at radius 3 is 1.75 bits per heavy atom. The average Bonchev–Trinajstić information content (AvgIpc) is 2.76. The SMILES string of the molecule is O.S=c1[nH]nc([S][Al][S]c2n[nH]c(=S)s2)s1. The number of hydrogen-bond acceptors (Lipinski definition) is 8. The Labute approximate surface area is 122 Å². The Hall–Kier alpha value is 0.752. The van der Waals surface area contributed by atoms with Crippen molar-refractivity contribution in [2.75, 3.05) is 0 Å². The Morgan fingerprint density at radius 1 is 1.00 bits per heavy atom. The monoisotopic (exact) mass is 343 g/mol. The van der Waals surface area contributed by atoms with Gasteiger partial charge in [-0.25, -0.2) is 0 Å². The zero-order valence-corrected chi connectivity index (χ0v) is 13.5. The fraction of sp³-hybridized carbons (Fsp3) is 0.